The van der Waals surface area contributed by atoms with Gasteiger partial charge in [-0.25, -0.2) is 0 Å². The summed E-state index contributed by atoms with van der Waals surface area (Å²) in [5.74, 6) is 0. The van der Waals surface area contributed by atoms with Crippen LogP contribution in [0.3, 0.4) is 0 Å². The second-order valence-electron chi connectivity index (χ2n) is 2.55. The Bertz CT molecular complexity index is 168. The Hall–Kier alpha value is -0.600. The van der Waals surface area contributed by atoms with Crippen molar-refractivity contribution in [1.29, 1.82) is 0 Å². The van der Waals surface area contributed by atoms with Gasteiger partial charge in [-0.3, -0.25) is 0 Å². The summed E-state index contributed by atoms with van der Waals surface area (Å²) in [6, 6.07) is 0. The second kappa shape index (κ2) is 2.99. The van der Waals surface area contributed by atoms with Crippen molar-refractivity contribution >= 4 is 0 Å². The van der Waals surface area contributed by atoms with E-state index in [1.807, 2.05) is 12.2 Å². The Labute approximate surface area is 60.5 Å². The highest BCUT2D eigenvalue weighted by Gasteiger charge is 2.08. The van der Waals surface area contributed by atoms with E-state index >= 15 is 0 Å². The number of aliphatic hydroxyl groups is 2. The quantitative estimate of drug-likeness (QED) is 0.560. The third-order valence-electron chi connectivity index (χ3n) is 1.56. The molecule has 2 heteroatoms. The first kappa shape index (κ1) is 7.51. The monoisotopic (exact) mass is 140 g/mol. The SMILES string of the molecule is CC(O)C1=C[C@H](O)CC=C1. The van der Waals surface area contributed by atoms with Gasteiger partial charge in [0.1, 0.15) is 0 Å². The number of hydrogen-bond acceptors (Lipinski definition) is 2. The van der Waals surface area contributed by atoms with Gasteiger partial charge in [0.15, 0.2) is 0 Å². The third-order valence-corrected chi connectivity index (χ3v) is 1.56. The molecule has 2 N–H and O–H groups in total. The zero-order valence-corrected chi connectivity index (χ0v) is 5.99. The predicted octanol–water partition coefficient (Wildman–Crippen LogP) is 0.614. The highest BCUT2D eigenvalue weighted by atomic mass is 16.3. The molecule has 0 saturated heterocycles. The Kier molecular flexibility index (Phi) is 2.25. The fourth-order valence-corrected chi connectivity index (χ4v) is 0.968. The number of rotatable bonds is 1. The van der Waals surface area contributed by atoms with Gasteiger partial charge >= 0.3 is 0 Å². The van der Waals surface area contributed by atoms with E-state index in [1.54, 1.807) is 13.0 Å². The van der Waals surface area contributed by atoms with Gasteiger partial charge < -0.3 is 10.2 Å². The van der Waals surface area contributed by atoms with E-state index in [0.29, 0.717) is 6.42 Å². The van der Waals surface area contributed by atoms with Crippen molar-refractivity contribution in [3.63, 3.8) is 0 Å². The molecular formula is C8H12O2. The Morgan fingerprint density at radius 1 is 1.70 bits per heavy atom. The first-order valence-corrected chi connectivity index (χ1v) is 3.44. The molecule has 0 heterocycles. The lowest BCUT2D eigenvalue weighted by Crippen LogP contribution is -2.11. The highest BCUT2D eigenvalue weighted by Crippen LogP contribution is 2.13. The van der Waals surface area contributed by atoms with Crippen molar-refractivity contribution in [2.75, 3.05) is 0 Å². The second-order valence-corrected chi connectivity index (χ2v) is 2.55. The van der Waals surface area contributed by atoms with Gasteiger partial charge in [0.25, 0.3) is 0 Å². The molecule has 0 aromatic heterocycles. The Balaban J connectivity index is 2.66. The molecule has 1 aliphatic carbocycles. The van der Waals surface area contributed by atoms with Crippen molar-refractivity contribution < 1.29 is 10.2 Å². The first-order valence-electron chi connectivity index (χ1n) is 3.44. The van der Waals surface area contributed by atoms with Gasteiger partial charge in [0.05, 0.1) is 12.2 Å². The molecule has 0 aromatic carbocycles. The summed E-state index contributed by atoms with van der Waals surface area (Å²) < 4.78 is 0. The minimum atomic E-state index is -0.466. The molecule has 0 saturated carbocycles. The van der Waals surface area contributed by atoms with Crippen LogP contribution in [-0.2, 0) is 0 Å². The van der Waals surface area contributed by atoms with Crippen LogP contribution in [0, 0.1) is 0 Å². The van der Waals surface area contributed by atoms with Crippen molar-refractivity contribution in [3.8, 4) is 0 Å². The lowest BCUT2D eigenvalue weighted by Gasteiger charge is -2.12. The van der Waals surface area contributed by atoms with E-state index in [1.165, 1.54) is 0 Å². The molecule has 0 radical (unpaired) electrons. The zero-order chi connectivity index (χ0) is 7.56. The number of aliphatic hydroxyl groups excluding tert-OH is 2. The van der Waals surface area contributed by atoms with Gasteiger partial charge in [-0.2, -0.15) is 0 Å². The molecule has 0 aromatic rings. The van der Waals surface area contributed by atoms with Crippen LogP contribution in [0.15, 0.2) is 23.8 Å². The zero-order valence-electron chi connectivity index (χ0n) is 5.99. The number of hydrogen-bond donors (Lipinski definition) is 2. The van der Waals surface area contributed by atoms with Gasteiger partial charge in [0, 0.05) is 0 Å². The summed E-state index contributed by atoms with van der Waals surface area (Å²) in [5.41, 5.74) is 0.804. The summed E-state index contributed by atoms with van der Waals surface area (Å²) >= 11 is 0. The van der Waals surface area contributed by atoms with E-state index in [9.17, 15) is 0 Å². The summed E-state index contributed by atoms with van der Waals surface area (Å²) in [6.45, 7) is 1.69. The summed E-state index contributed by atoms with van der Waals surface area (Å²) in [7, 11) is 0. The fraction of sp³-hybridized carbons (Fsp3) is 0.500. The van der Waals surface area contributed by atoms with E-state index in [2.05, 4.69) is 0 Å². The minimum absolute atomic E-state index is 0.408. The summed E-state index contributed by atoms with van der Waals surface area (Å²) in [5, 5.41) is 18.2. The molecule has 1 rings (SSSR count). The van der Waals surface area contributed by atoms with E-state index < -0.39 is 12.2 Å². The molecule has 56 valence electrons. The summed E-state index contributed by atoms with van der Waals surface area (Å²) in [6.07, 6.45) is 5.19. The molecule has 1 unspecified atom stereocenters. The van der Waals surface area contributed by atoms with Crippen LogP contribution in [0.25, 0.3) is 0 Å². The van der Waals surface area contributed by atoms with Crippen LogP contribution in [0.2, 0.25) is 0 Å². The average Bonchev–Trinajstić information content (AvgIpc) is 1.88. The third kappa shape index (κ3) is 1.69. The lowest BCUT2D eigenvalue weighted by atomic mass is 10.0. The van der Waals surface area contributed by atoms with Crippen LogP contribution in [-0.4, -0.2) is 22.4 Å². The largest absolute Gasteiger partial charge is 0.389 e. The van der Waals surface area contributed by atoms with E-state index in [0.717, 1.165) is 5.57 Å². The maximum absolute atomic E-state index is 9.09. The maximum atomic E-state index is 9.09. The molecule has 10 heavy (non-hydrogen) atoms. The summed E-state index contributed by atoms with van der Waals surface area (Å²) in [4.78, 5) is 0. The topological polar surface area (TPSA) is 40.5 Å². The molecular weight excluding hydrogens is 128 g/mol. The first-order chi connectivity index (χ1) is 4.70. The Morgan fingerprint density at radius 3 is 2.80 bits per heavy atom. The molecule has 0 fully saturated rings. The van der Waals surface area contributed by atoms with Crippen LogP contribution >= 0.6 is 0 Å². The van der Waals surface area contributed by atoms with Crippen LogP contribution in [0.1, 0.15) is 13.3 Å². The molecule has 0 amide bonds. The van der Waals surface area contributed by atoms with Crippen LogP contribution in [0.5, 0.6) is 0 Å². The van der Waals surface area contributed by atoms with Crippen molar-refractivity contribution in [3.05, 3.63) is 23.8 Å². The van der Waals surface area contributed by atoms with Gasteiger partial charge in [-0.05, 0) is 18.9 Å². The fourth-order valence-electron chi connectivity index (χ4n) is 0.968. The van der Waals surface area contributed by atoms with Gasteiger partial charge in [-0.1, -0.05) is 18.2 Å². The van der Waals surface area contributed by atoms with Gasteiger partial charge in [0.2, 0.25) is 0 Å². The standard InChI is InChI=1S/C8H12O2/c1-6(9)7-3-2-4-8(10)5-7/h2-3,5-6,8-10H,4H2,1H3/t6?,8-/m1/s1. The van der Waals surface area contributed by atoms with Crippen molar-refractivity contribution in [1.82, 2.24) is 0 Å². The van der Waals surface area contributed by atoms with Crippen LogP contribution < -0.4 is 0 Å². The maximum Gasteiger partial charge on any atom is 0.0762 e. The van der Waals surface area contributed by atoms with Crippen molar-refractivity contribution in [2.24, 2.45) is 0 Å². The van der Waals surface area contributed by atoms with E-state index in [-0.39, 0.29) is 0 Å². The lowest BCUT2D eigenvalue weighted by molar-refractivity contribution is 0.208. The average molecular weight is 140 g/mol. The van der Waals surface area contributed by atoms with Gasteiger partial charge in [-0.15, -0.1) is 0 Å². The molecule has 1 aliphatic rings. The van der Waals surface area contributed by atoms with Crippen LogP contribution in [0.4, 0.5) is 0 Å². The molecule has 0 spiro atoms. The van der Waals surface area contributed by atoms with E-state index in [4.69, 9.17) is 10.2 Å². The molecule has 0 aliphatic heterocycles. The molecule has 2 nitrogen and oxygen atoms in total. The van der Waals surface area contributed by atoms with Crippen molar-refractivity contribution in [2.45, 2.75) is 25.6 Å². The normalized spacial score (nSPS) is 27.9. The predicted molar refractivity (Wildman–Crippen MR) is 39.5 cm³/mol. The Morgan fingerprint density at radius 2 is 2.40 bits per heavy atom. The molecule has 2 atom stereocenters. The highest BCUT2D eigenvalue weighted by molar-refractivity contribution is 5.27. The smallest absolute Gasteiger partial charge is 0.0762 e. The molecule has 0 bridgehead atoms. The minimum Gasteiger partial charge on any atom is -0.389 e.